The third kappa shape index (κ3) is 2.95. The highest BCUT2D eigenvalue weighted by molar-refractivity contribution is 9.09. The van der Waals surface area contributed by atoms with Gasteiger partial charge in [-0.15, -0.1) is 0 Å². The van der Waals surface area contributed by atoms with Crippen molar-refractivity contribution in [1.29, 1.82) is 0 Å². The molecule has 0 aliphatic heterocycles. The summed E-state index contributed by atoms with van der Waals surface area (Å²) in [7, 11) is 0. The summed E-state index contributed by atoms with van der Waals surface area (Å²) in [6.45, 7) is 6.03. The monoisotopic (exact) mass is 349 g/mol. The van der Waals surface area contributed by atoms with E-state index in [9.17, 15) is 9.59 Å². The molecule has 1 aromatic carbocycles. The minimum Gasteiger partial charge on any atom is -0.323 e. The Hall–Kier alpha value is -1.42. The number of alkyl halides is 1. The Morgan fingerprint density at radius 3 is 2.43 bits per heavy atom. The van der Waals surface area contributed by atoms with E-state index >= 15 is 0 Å². The number of halogens is 1. The molecule has 1 aliphatic carbocycles. The van der Waals surface area contributed by atoms with Gasteiger partial charge in [0.25, 0.3) is 0 Å². The van der Waals surface area contributed by atoms with Gasteiger partial charge in [-0.1, -0.05) is 67.4 Å². The number of rotatable bonds is 5. The second kappa shape index (κ2) is 6.56. The molecule has 2 unspecified atom stereocenters. The molecule has 21 heavy (non-hydrogen) atoms. The fourth-order valence-corrected chi connectivity index (χ4v) is 3.29. The summed E-state index contributed by atoms with van der Waals surface area (Å²) in [5.41, 5.74) is 2.94. The second-order valence-electron chi connectivity index (χ2n) is 5.35. The summed E-state index contributed by atoms with van der Waals surface area (Å²) >= 11 is 3.72. The maximum absolute atomic E-state index is 12.6. The third-order valence-corrected chi connectivity index (χ3v) is 5.32. The van der Waals surface area contributed by atoms with Crippen molar-refractivity contribution < 1.29 is 9.59 Å². The number of hydrogen-bond donors (Lipinski definition) is 1. The topological polar surface area (TPSA) is 46.2 Å². The van der Waals surface area contributed by atoms with Crippen LogP contribution in [0, 0.1) is 5.92 Å². The molecule has 4 heteroatoms. The van der Waals surface area contributed by atoms with Crippen LogP contribution in [0.1, 0.15) is 49.5 Å². The Balaban J connectivity index is 2.53. The molecule has 0 radical (unpaired) electrons. The van der Waals surface area contributed by atoms with Crippen LogP contribution >= 0.6 is 15.9 Å². The zero-order valence-corrected chi connectivity index (χ0v) is 14.2. The predicted octanol–water partition coefficient (Wildman–Crippen LogP) is 3.93. The highest BCUT2D eigenvalue weighted by Crippen LogP contribution is 2.40. The van der Waals surface area contributed by atoms with E-state index in [4.69, 9.17) is 0 Å². The van der Waals surface area contributed by atoms with Crippen molar-refractivity contribution in [3.8, 4) is 0 Å². The van der Waals surface area contributed by atoms with E-state index in [0.29, 0.717) is 23.6 Å². The van der Waals surface area contributed by atoms with Crippen LogP contribution in [0.3, 0.4) is 0 Å². The first kappa shape index (κ1) is 16.0. The first-order valence-corrected chi connectivity index (χ1v) is 8.24. The molecular weight excluding hydrogens is 330 g/mol. The molecule has 0 bridgehead atoms. The lowest BCUT2D eigenvalue weighted by atomic mass is 9.94. The molecule has 0 fully saturated rings. The highest BCUT2D eigenvalue weighted by Gasteiger charge is 2.34. The smallest absolute Gasteiger partial charge is 0.224 e. The number of carbonyl (C=O) groups excluding carboxylic acids is 2. The number of nitrogens with one attached hydrogen (secondary N) is 1. The molecule has 3 nitrogen and oxygen atoms in total. The van der Waals surface area contributed by atoms with Crippen molar-refractivity contribution in [2.24, 2.45) is 5.92 Å². The van der Waals surface area contributed by atoms with Gasteiger partial charge in [-0.2, -0.15) is 0 Å². The van der Waals surface area contributed by atoms with Crippen LogP contribution in [0.2, 0.25) is 0 Å². The van der Waals surface area contributed by atoms with Crippen molar-refractivity contribution in [2.45, 2.75) is 38.4 Å². The Kier molecular flexibility index (Phi) is 4.99. The summed E-state index contributed by atoms with van der Waals surface area (Å²) in [6, 6.07) is 7.54. The van der Waals surface area contributed by atoms with E-state index < -0.39 is 0 Å². The molecule has 1 aromatic rings. The number of fused-ring (bicyclic) bond motifs is 1. The van der Waals surface area contributed by atoms with Gasteiger partial charge in [0.15, 0.2) is 0 Å². The normalized spacial score (nSPS) is 16.7. The van der Waals surface area contributed by atoms with Gasteiger partial charge >= 0.3 is 0 Å². The Labute approximate surface area is 133 Å². The summed E-state index contributed by atoms with van der Waals surface area (Å²) in [5.74, 6) is 0.148. The van der Waals surface area contributed by atoms with Gasteiger partial charge in [0.1, 0.15) is 0 Å². The first-order chi connectivity index (χ1) is 10.0. The van der Waals surface area contributed by atoms with Gasteiger partial charge in [-0.25, -0.2) is 0 Å². The molecule has 0 spiro atoms. The summed E-state index contributed by atoms with van der Waals surface area (Å²) in [5, 5.41) is 2.80. The summed E-state index contributed by atoms with van der Waals surface area (Å²) in [6.07, 6.45) is 1.35. The fraction of sp³-hybridized carbons (Fsp3) is 0.412. The van der Waals surface area contributed by atoms with Crippen molar-refractivity contribution in [2.75, 3.05) is 0 Å². The Morgan fingerprint density at radius 2 is 1.86 bits per heavy atom. The van der Waals surface area contributed by atoms with Crippen LogP contribution < -0.4 is 5.32 Å². The zero-order chi connectivity index (χ0) is 15.6. The number of carbonyl (C=O) groups is 2. The van der Waals surface area contributed by atoms with Gasteiger partial charge in [0, 0.05) is 22.4 Å². The van der Waals surface area contributed by atoms with Crippen LogP contribution in [0.25, 0.3) is 5.57 Å². The highest BCUT2D eigenvalue weighted by atomic mass is 79.9. The van der Waals surface area contributed by atoms with Gasteiger partial charge < -0.3 is 5.32 Å². The molecule has 0 heterocycles. The van der Waals surface area contributed by atoms with E-state index in [0.717, 1.165) is 17.6 Å². The SMILES string of the molecule is CCC(=O)NC1=C(C(Br)C(C)CC)c2ccccc2C1=O. The molecule has 2 rings (SSSR count). The summed E-state index contributed by atoms with van der Waals surface area (Å²) < 4.78 is 0. The number of amides is 1. The Morgan fingerprint density at radius 1 is 1.24 bits per heavy atom. The molecule has 0 aromatic heterocycles. The molecule has 0 saturated carbocycles. The molecule has 1 amide bonds. The van der Waals surface area contributed by atoms with Crippen molar-refractivity contribution in [3.63, 3.8) is 0 Å². The van der Waals surface area contributed by atoms with Gasteiger partial charge in [-0.05, 0) is 11.5 Å². The maximum atomic E-state index is 12.6. The third-order valence-electron chi connectivity index (χ3n) is 3.96. The lowest BCUT2D eigenvalue weighted by Crippen LogP contribution is -2.27. The molecule has 112 valence electrons. The average molecular weight is 350 g/mol. The number of allylic oxidation sites excluding steroid dienone is 2. The van der Waals surface area contributed by atoms with Gasteiger partial charge in [0.2, 0.25) is 11.7 Å². The molecule has 1 N–H and O–H groups in total. The van der Waals surface area contributed by atoms with Crippen molar-refractivity contribution in [1.82, 2.24) is 5.32 Å². The van der Waals surface area contributed by atoms with Crippen LogP contribution in [0.5, 0.6) is 0 Å². The van der Waals surface area contributed by atoms with Crippen molar-refractivity contribution >= 4 is 33.2 Å². The number of hydrogen-bond acceptors (Lipinski definition) is 2. The van der Waals surface area contributed by atoms with Crippen LogP contribution in [0.4, 0.5) is 0 Å². The fourth-order valence-electron chi connectivity index (χ4n) is 2.44. The van der Waals surface area contributed by atoms with Crippen molar-refractivity contribution in [3.05, 3.63) is 41.1 Å². The quantitative estimate of drug-likeness (QED) is 0.818. The molecule has 0 saturated heterocycles. The lowest BCUT2D eigenvalue weighted by molar-refractivity contribution is -0.120. The van der Waals surface area contributed by atoms with Crippen LogP contribution in [-0.2, 0) is 4.79 Å². The number of ketones is 1. The van der Waals surface area contributed by atoms with Crippen LogP contribution in [-0.4, -0.2) is 16.5 Å². The second-order valence-corrected chi connectivity index (χ2v) is 6.34. The van der Waals surface area contributed by atoms with E-state index in [1.54, 1.807) is 6.92 Å². The number of Topliss-reactive ketones (excluding diaryl/α,β-unsaturated/α-hetero) is 1. The minimum absolute atomic E-state index is 0.0438. The standard InChI is InChI=1S/C17H20BrNO2/c1-4-10(3)15(18)14-11-8-6-7-9-12(11)17(21)16(14)19-13(20)5-2/h6-10,15H,4-5H2,1-3H3,(H,19,20,21). The molecule has 1 aliphatic rings. The maximum Gasteiger partial charge on any atom is 0.224 e. The lowest BCUT2D eigenvalue weighted by Gasteiger charge is -2.20. The predicted molar refractivity (Wildman–Crippen MR) is 88.3 cm³/mol. The first-order valence-electron chi connectivity index (χ1n) is 7.33. The van der Waals surface area contributed by atoms with Gasteiger partial charge in [-0.3, -0.25) is 9.59 Å². The average Bonchev–Trinajstić information content (AvgIpc) is 2.78. The summed E-state index contributed by atoms with van der Waals surface area (Å²) in [4.78, 5) is 24.4. The van der Waals surface area contributed by atoms with E-state index in [2.05, 4.69) is 35.1 Å². The van der Waals surface area contributed by atoms with E-state index in [1.165, 1.54) is 0 Å². The minimum atomic E-state index is -0.132. The van der Waals surface area contributed by atoms with E-state index in [-0.39, 0.29) is 16.5 Å². The largest absolute Gasteiger partial charge is 0.323 e. The van der Waals surface area contributed by atoms with Crippen LogP contribution in [0.15, 0.2) is 30.0 Å². The number of benzene rings is 1. The molecule has 2 atom stereocenters. The van der Waals surface area contributed by atoms with E-state index in [1.807, 2.05) is 24.3 Å². The Bertz CT molecular complexity index is 607. The molecular formula is C17H20BrNO2. The zero-order valence-electron chi connectivity index (χ0n) is 12.6. The van der Waals surface area contributed by atoms with Gasteiger partial charge in [0.05, 0.1) is 5.70 Å².